The second-order valence-corrected chi connectivity index (χ2v) is 5.34. The molecule has 1 atom stereocenters. The van der Waals surface area contributed by atoms with E-state index in [1.54, 1.807) is 11.2 Å². The van der Waals surface area contributed by atoms with Crippen LogP contribution in [0.25, 0.3) is 11.0 Å². The van der Waals surface area contributed by atoms with Gasteiger partial charge in [-0.3, -0.25) is 9.59 Å². The highest BCUT2D eigenvalue weighted by Crippen LogP contribution is 2.18. The number of imidazole rings is 1. The molecule has 8 heteroatoms. The van der Waals surface area contributed by atoms with Crippen LogP contribution < -0.4 is 0 Å². The summed E-state index contributed by atoms with van der Waals surface area (Å²) >= 11 is 0. The molecule has 6 nitrogen and oxygen atoms in total. The maximum atomic E-state index is 12.1. The van der Waals surface area contributed by atoms with E-state index in [-0.39, 0.29) is 30.7 Å². The van der Waals surface area contributed by atoms with E-state index in [0.717, 1.165) is 11.0 Å². The molecule has 1 fully saturated rings. The standard InChI is InChI=1S/C15H17N3O3.2ClH/c19-14(17-7-5-11(9-17)15(20)21)6-8-18-10-16-12-3-1-2-4-13(12)18;;/h1-4,10-11H,5-9H2,(H,20,21);2*1H. The van der Waals surface area contributed by atoms with Crippen LogP contribution in [0.2, 0.25) is 0 Å². The predicted octanol–water partition coefficient (Wildman–Crippen LogP) is 2.20. The summed E-state index contributed by atoms with van der Waals surface area (Å²) < 4.78 is 1.96. The van der Waals surface area contributed by atoms with Gasteiger partial charge in [0.2, 0.25) is 5.91 Å². The van der Waals surface area contributed by atoms with Crippen molar-refractivity contribution in [3.63, 3.8) is 0 Å². The van der Waals surface area contributed by atoms with Gasteiger partial charge in [0.05, 0.1) is 23.3 Å². The van der Waals surface area contributed by atoms with Crippen molar-refractivity contribution in [2.75, 3.05) is 13.1 Å². The van der Waals surface area contributed by atoms with Gasteiger partial charge in [0.15, 0.2) is 0 Å². The Morgan fingerprint density at radius 1 is 1.26 bits per heavy atom. The maximum absolute atomic E-state index is 12.1. The third kappa shape index (κ3) is 4.14. The van der Waals surface area contributed by atoms with E-state index < -0.39 is 11.9 Å². The fourth-order valence-corrected chi connectivity index (χ4v) is 2.75. The van der Waals surface area contributed by atoms with Crippen molar-refractivity contribution in [3.8, 4) is 0 Å². The molecule has 0 radical (unpaired) electrons. The Hall–Kier alpha value is -1.79. The Labute approximate surface area is 146 Å². The summed E-state index contributed by atoms with van der Waals surface area (Å²) in [6.45, 7) is 1.44. The van der Waals surface area contributed by atoms with Gasteiger partial charge < -0.3 is 14.6 Å². The minimum atomic E-state index is -0.814. The number of hydrogen-bond donors (Lipinski definition) is 1. The van der Waals surface area contributed by atoms with Crippen LogP contribution in [0, 0.1) is 5.92 Å². The number of halogens is 2. The Bertz CT molecular complexity index is 689. The first-order valence-corrected chi connectivity index (χ1v) is 7.05. The van der Waals surface area contributed by atoms with Crippen molar-refractivity contribution in [1.82, 2.24) is 14.5 Å². The fraction of sp³-hybridized carbons (Fsp3) is 0.400. The highest BCUT2D eigenvalue weighted by Gasteiger charge is 2.30. The summed E-state index contributed by atoms with van der Waals surface area (Å²) in [7, 11) is 0. The molecule has 0 saturated carbocycles. The smallest absolute Gasteiger partial charge is 0.308 e. The normalized spacial score (nSPS) is 16.7. The molecule has 1 aliphatic heterocycles. The average molecular weight is 360 g/mol. The topological polar surface area (TPSA) is 75.4 Å². The zero-order chi connectivity index (χ0) is 14.8. The monoisotopic (exact) mass is 359 g/mol. The van der Waals surface area contributed by atoms with Crippen molar-refractivity contribution in [2.24, 2.45) is 5.92 Å². The minimum Gasteiger partial charge on any atom is -0.481 e. The van der Waals surface area contributed by atoms with Gasteiger partial charge in [-0.1, -0.05) is 12.1 Å². The van der Waals surface area contributed by atoms with E-state index in [1.807, 2.05) is 28.8 Å². The minimum absolute atomic E-state index is 0. The summed E-state index contributed by atoms with van der Waals surface area (Å²) in [5.41, 5.74) is 1.92. The zero-order valence-corrected chi connectivity index (χ0v) is 14.1. The van der Waals surface area contributed by atoms with Crippen molar-refractivity contribution >= 4 is 47.7 Å². The maximum Gasteiger partial charge on any atom is 0.308 e. The van der Waals surface area contributed by atoms with Gasteiger partial charge in [-0.2, -0.15) is 0 Å². The average Bonchev–Trinajstić information content (AvgIpc) is 3.12. The number of aliphatic carboxylic acids is 1. The second-order valence-electron chi connectivity index (χ2n) is 5.34. The number of carbonyl (C=O) groups is 2. The molecule has 23 heavy (non-hydrogen) atoms. The number of aromatic nitrogens is 2. The van der Waals surface area contributed by atoms with Crippen molar-refractivity contribution in [2.45, 2.75) is 19.4 Å². The third-order valence-electron chi connectivity index (χ3n) is 3.98. The van der Waals surface area contributed by atoms with E-state index in [1.165, 1.54) is 0 Å². The Morgan fingerprint density at radius 2 is 2.00 bits per heavy atom. The lowest BCUT2D eigenvalue weighted by Crippen LogP contribution is -2.30. The van der Waals surface area contributed by atoms with Crippen LogP contribution in [-0.2, 0) is 16.1 Å². The van der Waals surface area contributed by atoms with Crippen LogP contribution in [0.5, 0.6) is 0 Å². The largest absolute Gasteiger partial charge is 0.481 e. The first-order valence-electron chi connectivity index (χ1n) is 7.05. The number of benzene rings is 1. The fourth-order valence-electron chi connectivity index (χ4n) is 2.75. The van der Waals surface area contributed by atoms with Crippen molar-refractivity contribution in [1.29, 1.82) is 0 Å². The molecule has 1 saturated heterocycles. The van der Waals surface area contributed by atoms with Crippen LogP contribution in [0.15, 0.2) is 30.6 Å². The first-order chi connectivity index (χ1) is 10.1. The lowest BCUT2D eigenvalue weighted by atomic mass is 10.1. The van der Waals surface area contributed by atoms with Crippen molar-refractivity contribution in [3.05, 3.63) is 30.6 Å². The van der Waals surface area contributed by atoms with Gasteiger partial charge in [-0.15, -0.1) is 24.8 Å². The van der Waals surface area contributed by atoms with Gasteiger partial charge in [-0.25, -0.2) is 4.98 Å². The number of carboxylic acids is 1. The Kier molecular flexibility index (Phi) is 6.84. The molecule has 0 aliphatic carbocycles. The predicted molar refractivity (Wildman–Crippen MR) is 91.2 cm³/mol. The van der Waals surface area contributed by atoms with Crippen LogP contribution in [0.4, 0.5) is 0 Å². The van der Waals surface area contributed by atoms with E-state index in [0.29, 0.717) is 32.5 Å². The first kappa shape index (κ1) is 19.3. The van der Waals surface area contributed by atoms with Crippen LogP contribution in [0.3, 0.4) is 0 Å². The van der Waals surface area contributed by atoms with Gasteiger partial charge >= 0.3 is 5.97 Å². The molecule has 2 heterocycles. The number of para-hydroxylation sites is 2. The summed E-state index contributed by atoms with van der Waals surface area (Å²) in [6, 6.07) is 7.79. The number of amides is 1. The molecule has 126 valence electrons. The number of likely N-dealkylation sites (tertiary alicyclic amines) is 1. The summed E-state index contributed by atoms with van der Waals surface area (Å²) in [5.74, 6) is -1.22. The van der Waals surface area contributed by atoms with E-state index in [2.05, 4.69) is 4.98 Å². The number of fused-ring (bicyclic) bond motifs is 1. The number of carbonyl (C=O) groups excluding carboxylic acids is 1. The van der Waals surface area contributed by atoms with E-state index in [4.69, 9.17) is 5.11 Å². The number of rotatable bonds is 4. The second kappa shape index (κ2) is 8.17. The molecule has 1 amide bonds. The Morgan fingerprint density at radius 3 is 2.70 bits per heavy atom. The molecule has 1 N–H and O–H groups in total. The molecular formula is C15H19Cl2N3O3. The highest BCUT2D eigenvalue weighted by molar-refractivity contribution is 5.85. The highest BCUT2D eigenvalue weighted by atomic mass is 35.5. The van der Waals surface area contributed by atoms with Gasteiger partial charge in [-0.05, 0) is 18.6 Å². The number of nitrogens with zero attached hydrogens (tertiary/aromatic N) is 3. The molecule has 1 aliphatic rings. The van der Waals surface area contributed by atoms with E-state index >= 15 is 0 Å². The summed E-state index contributed by atoms with van der Waals surface area (Å²) in [5, 5.41) is 8.96. The molecule has 0 spiro atoms. The zero-order valence-electron chi connectivity index (χ0n) is 12.4. The van der Waals surface area contributed by atoms with Gasteiger partial charge in [0, 0.05) is 26.1 Å². The van der Waals surface area contributed by atoms with Crippen LogP contribution >= 0.6 is 24.8 Å². The molecule has 1 aromatic heterocycles. The number of aryl methyl sites for hydroxylation is 1. The molecule has 1 aromatic carbocycles. The quantitative estimate of drug-likeness (QED) is 0.907. The summed E-state index contributed by atoms with van der Waals surface area (Å²) in [6.07, 6.45) is 2.66. The molecular weight excluding hydrogens is 341 g/mol. The summed E-state index contributed by atoms with van der Waals surface area (Å²) in [4.78, 5) is 29.0. The van der Waals surface area contributed by atoms with Crippen molar-refractivity contribution < 1.29 is 14.7 Å². The molecule has 3 rings (SSSR count). The van der Waals surface area contributed by atoms with Crippen LogP contribution in [-0.4, -0.2) is 44.5 Å². The third-order valence-corrected chi connectivity index (χ3v) is 3.98. The van der Waals surface area contributed by atoms with E-state index in [9.17, 15) is 9.59 Å². The van der Waals surface area contributed by atoms with Gasteiger partial charge in [0.25, 0.3) is 0 Å². The van der Waals surface area contributed by atoms with Crippen LogP contribution in [0.1, 0.15) is 12.8 Å². The Balaban J connectivity index is 0.00000132. The molecule has 2 aromatic rings. The SMILES string of the molecule is Cl.Cl.O=C(O)C1CCN(C(=O)CCn2cnc3ccccc32)C1. The molecule has 1 unspecified atom stereocenters. The van der Waals surface area contributed by atoms with Gasteiger partial charge in [0.1, 0.15) is 0 Å². The number of hydrogen-bond acceptors (Lipinski definition) is 3. The molecule has 0 bridgehead atoms. The number of carboxylic acid groups (broad SMARTS) is 1. The lowest BCUT2D eigenvalue weighted by Gasteiger charge is -2.16. The lowest BCUT2D eigenvalue weighted by molar-refractivity contribution is -0.141.